The van der Waals surface area contributed by atoms with E-state index < -0.39 is 9.84 Å². The van der Waals surface area contributed by atoms with Crippen LogP contribution in [0.15, 0.2) is 41.7 Å². The number of imidazole rings is 1. The predicted molar refractivity (Wildman–Crippen MR) is 123 cm³/mol. The lowest BCUT2D eigenvalue weighted by molar-refractivity contribution is 0.317. The number of hydrogen-bond donors (Lipinski definition) is 1. The number of aromatic nitrogens is 2. The zero-order valence-corrected chi connectivity index (χ0v) is 19.5. The molecule has 0 spiro atoms. The average molecular weight is 450 g/mol. The molecule has 0 unspecified atom stereocenters. The summed E-state index contributed by atoms with van der Waals surface area (Å²) in [6.07, 6.45) is 3.66. The van der Waals surface area contributed by atoms with Crippen molar-refractivity contribution < 1.29 is 8.42 Å². The molecule has 9 heteroatoms. The second kappa shape index (κ2) is 9.89. The molecule has 7 nitrogen and oxygen atoms in total. The van der Waals surface area contributed by atoms with Crippen LogP contribution in [0.5, 0.6) is 0 Å². The molecule has 1 aliphatic carbocycles. The van der Waals surface area contributed by atoms with Crippen LogP contribution >= 0.6 is 12.2 Å². The van der Waals surface area contributed by atoms with Crippen LogP contribution in [0.2, 0.25) is 0 Å². The largest absolute Gasteiger partial charge is 0.363 e. The molecule has 0 saturated heterocycles. The molecule has 1 saturated carbocycles. The van der Waals surface area contributed by atoms with Gasteiger partial charge < -0.3 is 19.7 Å². The van der Waals surface area contributed by atoms with Crippen molar-refractivity contribution in [2.45, 2.75) is 43.3 Å². The Labute approximate surface area is 185 Å². The number of hydrogen-bond acceptors (Lipinski definition) is 5. The molecule has 0 atom stereocenters. The van der Waals surface area contributed by atoms with Gasteiger partial charge >= 0.3 is 0 Å². The minimum atomic E-state index is -3.54. The lowest BCUT2D eigenvalue weighted by atomic mass is 10.2. The van der Waals surface area contributed by atoms with Crippen molar-refractivity contribution in [3.05, 3.63) is 47.8 Å². The van der Waals surface area contributed by atoms with Crippen LogP contribution in [-0.2, 0) is 22.1 Å². The van der Waals surface area contributed by atoms with Gasteiger partial charge in [0.25, 0.3) is 0 Å². The van der Waals surface area contributed by atoms with Crippen molar-refractivity contribution in [1.29, 1.82) is 0 Å². The first kappa shape index (κ1) is 22.7. The SMILES string of the molecule is CCNC(=S)N(CCN(C)C)Cc1cnc(S(=O)(=O)Cc2ccccc2)n1C1CC1. The van der Waals surface area contributed by atoms with Gasteiger partial charge in [-0.15, -0.1) is 0 Å². The van der Waals surface area contributed by atoms with Crippen LogP contribution in [0.4, 0.5) is 0 Å². The molecule has 1 aromatic heterocycles. The minimum absolute atomic E-state index is 0.0445. The standard InChI is InChI=1S/C21H31N5O2S2/c1-4-22-20(29)25(13-12-24(2)3)15-19-14-23-21(26(19)18-10-11-18)30(27,28)16-17-8-6-5-7-9-17/h5-9,14,18H,4,10-13,15-16H2,1-3H3,(H,22,29). The lowest BCUT2D eigenvalue weighted by Crippen LogP contribution is -2.42. The highest BCUT2D eigenvalue weighted by atomic mass is 32.2. The fourth-order valence-corrected chi connectivity index (χ4v) is 5.18. The van der Waals surface area contributed by atoms with E-state index in [1.54, 1.807) is 6.20 Å². The maximum Gasteiger partial charge on any atom is 0.228 e. The van der Waals surface area contributed by atoms with Gasteiger partial charge in [-0.05, 0) is 51.6 Å². The van der Waals surface area contributed by atoms with Gasteiger partial charge in [0.2, 0.25) is 15.0 Å². The van der Waals surface area contributed by atoms with Crippen molar-refractivity contribution >= 4 is 27.2 Å². The van der Waals surface area contributed by atoms with Gasteiger partial charge in [0.15, 0.2) is 5.11 Å². The molecule has 1 aromatic carbocycles. The first-order chi connectivity index (χ1) is 14.3. The van der Waals surface area contributed by atoms with Gasteiger partial charge in [0.05, 0.1) is 24.2 Å². The van der Waals surface area contributed by atoms with Crippen molar-refractivity contribution in [1.82, 2.24) is 24.7 Å². The Morgan fingerprint density at radius 3 is 2.53 bits per heavy atom. The molecule has 0 bridgehead atoms. The third-order valence-corrected chi connectivity index (χ3v) is 6.99. The third-order valence-electron chi connectivity index (χ3n) is 5.01. The number of nitrogens with zero attached hydrogens (tertiary/aromatic N) is 4. The summed E-state index contributed by atoms with van der Waals surface area (Å²) in [5.74, 6) is -0.0445. The molecule has 1 fully saturated rings. The number of benzene rings is 1. The monoisotopic (exact) mass is 449 g/mol. The Morgan fingerprint density at radius 1 is 1.23 bits per heavy atom. The number of nitrogens with one attached hydrogen (secondary N) is 1. The van der Waals surface area contributed by atoms with Gasteiger partial charge in [-0.2, -0.15) is 0 Å². The van der Waals surface area contributed by atoms with Crippen molar-refractivity contribution in [3.63, 3.8) is 0 Å². The summed E-state index contributed by atoms with van der Waals surface area (Å²) < 4.78 is 28.3. The van der Waals surface area contributed by atoms with Crippen molar-refractivity contribution in [2.24, 2.45) is 0 Å². The van der Waals surface area contributed by atoms with Crippen molar-refractivity contribution in [3.8, 4) is 0 Å². The average Bonchev–Trinajstić information content (AvgIpc) is 3.44. The van der Waals surface area contributed by atoms with Crippen molar-refractivity contribution in [2.75, 3.05) is 33.7 Å². The molecular formula is C21H31N5O2S2. The van der Waals surface area contributed by atoms with Crippen LogP contribution in [0.3, 0.4) is 0 Å². The van der Waals surface area contributed by atoms with E-state index in [0.717, 1.165) is 43.7 Å². The maximum atomic E-state index is 13.2. The molecule has 2 aromatic rings. The molecule has 0 amide bonds. The molecule has 30 heavy (non-hydrogen) atoms. The van der Waals surface area contributed by atoms with E-state index in [4.69, 9.17) is 12.2 Å². The Balaban J connectivity index is 1.87. The number of likely N-dealkylation sites (N-methyl/N-ethyl adjacent to an activating group) is 1. The van der Waals surface area contributed by atoms with Gasteiger partial charge in [-0.3, -0.25) is 0 Å². The zero-order chi connectivity index (χ0) is 21.7. The Bertz CT molecular complexity index is 953. The minimum Gasteiger partial charge on any atom is -0.363 e. The van der Waals surface area contributed by atoms with E-state index in [1.165, 1.54) is 0 Å². The summed E-state index contributed by atoms with van der Waals surface area (Å²) in [4.78, 5) is 8.57. The molecule has 1 aliphatic rings. The van der Waals surface area contributed by atoms with Gasteiger partial charge in [-0.1, -0.05) is 30.3 Å². The van der Waals surface area contributed by atoms with Crippen LogP contribution in [-0.4, -0.2) is 66.6 Å². The van der Waals surface area contributed by atoms with Gasteiger partial charge in [-0.25, -0.2) is 13.4 Å². The van der Waals surface area contributed by atoms with E-state index in [-0.39, 0.29) is 17.0 Å². The highest BCUT2D eigenvalue weighted by molar-refractivity contribution is 7.90. The molecule has 1 heterocycles. The quantitative estimate of drug-likeness (QED) is 0.559. The van der Waals surface area contributed by atoms with Crippen LogP contribution in [0.25, 0.3) is 0 Å². The maximum absolute atomic E-state index is 13.2. The summed E-state index contributed by atoms with van der Waals surface area (Å²) in [6, 6.07) is 9.46. The molecule has 3 rings (SSSR count). The van der Waals surface area contributed by atoms with Crippen LogP contribution in [0.1, 0.15) is 37.1 Å². The summed E-state index contributed by atoms with van der Waals surface area (Å²) in [7, 11) is 0.506. The topological polar surface area (TPSA) is 70.5 Å². The third kappa shape index (κ3) is 5.80. The van der Waals surface area contributed by atoms with E-state index in [2.05, 4.69) is 20.1 Å². The second-order valence-electron chi connectivity index (χ2n) is 7.94. The smallest absolute Gasteiger partial charge is 0.228 e. The summed E-state index contributed by atoms with van der Waals surface area (Å²) in [5.41, 5.74) is 1.66. The predicted octanol–water partition coefficient (Wildman–Crippen LogP) is 2.45. The van der Waals surface area contributed by atoms with Gasteiger partial charge in [0.1, 0.15) is 0 Å². The summed E-state index contributed by atoms with van der Waals surface area (Å²) in [5, 5.41) is 4.06. The fourth-order valence-electron chi connectivity index (χ4n) is 3.34. The molecule has 164 valence electrons. The van der Waals surface area contributed by atoms with E-state index >= 15 is 0 Å². The molecule has 0 radical (unpaired) electrons. The first-order valence-electron chi connectivity index (χ1n) is 10.3. The van der Waals surface area contributed by atoms with Crippen LogP contribution < -0.4 is 5.32 Å². The first-order valence-corrected chi connectivity index (χ1v) is 12.4. The Morgan fingerprint density at radius 2 is 1.93 bits per heavy atom. The summed E-state index contributed by atoms with van der Waals surface area (Å²) in [6.45, 7) is 4.89. The number of rotatable bonds is 10. The molecule has 1 N–H and O–H groups in total. The lowest BCUT2D eigenvalue weighted by Gasteiger charge is -2.27. The Hall–Kier alpha value is -1.97. The molecule has 0 aliphatic heterocycles. The van der Waals surface area contributed by atoms with E-state index in [9.17, 15) is 8.42 Å². The van der Waals surface area contributed by atoms with E-state index in [1.807, 2.05) is 55.9 Å². The number of sulfone groups is 1. The van der Waals surface area contributed by atoms with E-state index in [0.29, 0.717) is 11.7 Å². The number of thiocarbonyl (C=S) groups is 1. The van der Waals surface area contributed by atoms with Crippen LogP contribution in [0, 0.1) is 0 Å². The fraction of sp³-hybridized carbons (Fsp3) is 0.524. The molecular weight excluding hydrogens is 418 g/mol. The Kier molecular flexibility index (Phi) is 7.49. The highest BCUT2D eigenvalue weighted by Crippen LogP contribution is 2.38. The second-order valence-corrected chi connectivity index (χ2v) is 10.2. The normalized spacial score (nSPS) is 14.1. The summed E-state index contributed by atoms with van der Waals surface area (Å²) >= 11 is 5.57. The van der Waals surface area contributed by atoms with Gasteiger partial charge in [0, 0.05) is 25.7 Å². The zero-order valence-electron chi connectivity index (χ0n) is 17.9. The highest BCUT2D eigenvalue weighted by Gasteiger charge is 2.33.